The average molecular weight is 285 g/mol. The average Bonchev–Trinajstić information content (AvgIpc) is 2.54. The zero-order chi connectivity index (χ0) is 15.2. The first-order valence-electron chi connectivity index (χ1n) is 6.56. The molecule has 5 heteroatoms. The molecule has 0 atom stereocenters. The number of rotatable bonds is 5. The summed E-state index contributed by atoms with van der Waals surface area (Å²) in [5.74, 6) is 0.935. The largest absolute Gasteiger partial charge is 0.495 e. The van der Waals surface area contributed by atoms with Crippen LogP contribution in [-0.4, -0.2) is 25.2 Å². The van der Waals surface area contributed by atoms with E-state index < -0.39 is 0 Å². The molecule has 0 aliphatic heterocycles. The molecule has 0 aliphatic rings. The Hall–Kier alpha value is -2.69. The Kier molecular flexibility index (Phi) is 4.66. The summed E-state index contributed by atoms with van der Waals surface area (Å²) in [7, 11) is 3.65. The fraction of sp³-hybridized carbons (Fsp3) is 0.188. The Balaban J connectivity index is 2.21. The molecule has 0 saturated heterocycles. The molecule has 0 saturated carbocycles. The highest BCUT2D eigenvalue weighted by atomic mass is 16.5. The predicted molar refractivity (Wildman–Crippen MR) is 84.1 cm³/mol. The van der Waals surface area contributed by atoms with Crippen LogP contribution in [0.25, 0.3) is 0 Å². The van der Waals surface area contributed by atoms with Gasteiger partial charge in [0.25, 0.3) is 0 Å². The minimum Gasteiger partial charge on any atom is -0.495 e. The molecule has 3 N–H and O–H groups in total. The van der Waals surface area contributed by atoms with E-state index in [1.165, 1.54) is 0 Å². The maximum atomic E-state index is 8.74. The number of nitrogens with two attached hydrogens (primary N) is 1. The van der Waals surface area contributed by atoms with Crippen molar-refractivity contribution in [1.82, 2.24) is 0 Å². The lowest BCUT2D eigenvalue weighted by Crippen LogP contribution is -2.18. The number of benzene rings is 2. The Morgan fingerprint density at radius 1 is 1.24 bits per heavy atom. The van der Waals surface area contributed by atoms with Crippen molar-refractivity contribution < 1.29 is 9.94 Å². The molecule has 0 aromatic heterocycles. The topological polar surface area (TPSA) is 71.1 Å². The van der Waals surface area contributed by atoms with Gasteiger partial charge in [-0.1, -0.05) is 35.5 Å². The first-order valence-corrected chi connectivity index (χ1v) is 6.56. The van der Waals surface area contributed by atoms with Crippen LogP contribution in [0.2, 0.25) is 0 Å². The summed E-state index contributed by atoms with van der Waals surface area (Å²) in [6.07, 6.45) is 0. The van der Waals surface area contributed by atoms with E-state index in [4.69, 9.17) is 15.7 Å². The van der Waals surface area contributed by atoms with Crippen molar-refractivity contribution in [1.29, 1.82) is 0 Å². The lowest BCUT2D eigenvalue weighted by atomic mass is 10.1. The van der Waals surface area contributed by atoms with Crippen LogP contribution in [0.4, 0.5) is 5.69 Å². The van der Waals surface area contributed by atoms with Crippen molar-refractivity contribution in [3.05, 3.63) is 59.7 Å². The van der Waals surface area contributed by atoms with Gasteiger partial charge in [-0.05, 0) is 23.8 Å². The van der Waals surface area contributed by atoms with Crippen LogP contribution in [0.1, 0.15) is 11.1 Å². The molecule has 2 aromatic rings. The zero-order valence-corrected chi connectivity index (χ0v) is 12.2. The van der Waals surface area contributed by atoms with E-state index in [-0.39, 0.29) is 5.84 Å². The molecule has 110 valence electrons. The summed E-state index contributed by atoms with van der Waals surface area (Å²) in [5.41, 5.74) is 8.39. The summed E-state index contributed by atoms with van der Waals surface area (Å²) >= 11 is 0. The molecule has 0 fully saturated rings. The van der Waals surface area contributed by atoms with Crippen molar-refractivity contribution >= 4 is 11.5 Å². The van der Waals surface area contributed by atoms with Crippen molar-refractivity contribution in [3.8, 4) is 5.75 Å². The van der Waals surface area contributed by atoms with E-state index in [1.807, 2.05) is 55.6 Å². The molecule has 2 aromatic carbocycles. The van der Waals surface area contributed by atoms with Crippen molar-refractivity contribution in [2.24, 2.45) is 10.9 Å². The summed E-state index contributed by atoms with van der Waals surface area (Å²) in [4.78, 5) is 2.09. The molecule has 0 heterocycles. The van der Waals surface area contributed by atoms with E-state index in [0.717, 1.165) is 17.0 Å². The summed E-state index contributed by atoms with van der Waals surface area (Å²) in [6.45, 7) is 0.687. The second kappa shape index (κ2) is 6.65. The summed E-state index contributed by atoms with van der Waals surface area (Å²) in [5, 5.41) is 11.8. The Morgan fingerprint density at radius 3 is 2.71 bits per heavy atom. The minimum absolute atomic E-state index is 0.108. The number of amidine groups is 1. The van der Waals surface area contributed by atoms with Gasteiger partial charge in [0, 0.05) is 19.2 Å². The third-order valence-electron chi connectivity index (χ3n) is 3.25. The lowest BCUT2D eigenvalue weighted by molar-refractivity contribution is 0.318. The van der Waals surface area contributed by atoms with Gasteiger partial charge in [0.1, 0.15) is 5.75 Å². The SMILES string of the molecule is COc1ccccc1N(C)Cc1cccc(C(N)=NO)c1. The van der Waals surface area contributed by atoms with Gasteiger partial charge in [0.15, 0.2) is 5.84 Å². The predicted octanol–water partition coefficient (Wildman–Crippen LogP) is 2.43. The van der Waals surface area contributed by atoms with Gasteiger partial charge < -0.3 is 20.6 Å². The van der Waals surface area contributed by atoms with Crippen LogP contribution < -0.4 is 15.4 Å². The smallest absolute Gasteiger partial charge is 0.170 e. The molecule has 0 aliphatic carbocycles. The van der Waals surface area contributed by atoms with Crippen molar-refractivity contribution in [2.75, 3.05) is 19.1 Å². The van der Waals surface area contributed by atoms with E-state index in [2.05, 4.69) is 10.1 Å². The molecule has 2 rings (SSSR count). The number of para-hydroxylation sites is 2. The van der Waals surface area contributed by atoms with E-state index in [0.29, 0.717) is 12.1 Å². The third-order valence-corrected chi connectivity index (χ3v) is 3.25. The van der Waals surface area contributed by atoms with Crippen LogP contribution >= 0.6 is 0 Å². The third kappa shape index (κ3) is 3.45. The number of anilines is 1. The highest BCUT2D eigenvalue weighted by Crippen LogP contribution is 2.27. The van der Waals surface area contributed by atoms with E-state index >= 15 is 0 Å². The van der Waals surface area contributed by atoms with Gasteiger partial charge in [-0.2, -0.15) is 0 Å². The molecule has 21 heavy (non-hydrogen) atoms. The normalized spacial score (nSPS) is 11.2. The Bertz CT molecular complexity index is 641. The summed E-state index contributed by atoms with van der Waals surface area (Å²) in [6, 6.07) is 15.4. The number of hydrogen-bond acceptors (Lipinski definition) is 4. The number of nitrogens with zero attached hydrogens (tertiary/aromatic N) is 2. The second-order valence-corrected chi connectivity index (χ2v) is 4.71. The minimum atomic E-state index is 0.108. The molecular weight excluding hydrogens is 266 g/mol. The molecule has 0 unspecified atom stereocenters. The molecular formula is C16H19N3O2. The van der Waals surface area contributed by atoms with Crippen LogP contribution in [0.3, 0.4) is 0 Å². The first-order chi connectivity index (χ1) is 10.2. The highest BCUT2D eigenvalue weighted by molar-refractivity contribution is 5.97. The molecule has 0 amide bonds. The number of methoxy groups -OCH3 is 1. The molecule has 0 radical (unpaired) electrons. The molecule has 0 bridgehead atoms. The van der Waals surface area contributed by atoms with Gasteiger partial charge in [-0.3, -0.25) is 0 Å². The van der Waals surface area contributed by atoms with E-state index in [9.17, 15) is 0 Å². The van der Waals surface area contributed by atoms with Gasteiger partial charge in [-0.25, -0.2) is 0 Å². The summed E-state index contributed by atoms with van der Waals surface area (Å²) < 4.78 is 5.37. The van der Waals surface area contributed by atoms with E-state index in [1.54, 1.807) is 7.11 Å². The number of oxime groups is 1. The van der Waals surface area contributed by atoms with Gasteiger partial charge in [0.2, 0.25) is 0 Å². The second-order valence-electron chi connectivity index (χ2n) is 4.71. The number of hydrogen-bond donors (Lipinski definition) is 2. The van der Waals surface area contributed by atoms with Crippen LogP contribution in [0.5, 0.6) is 5.75 Å². The fourth-order valence-corrected chi connectivity index (χ4v) is 2.19. The fourth-order valence-electron chi connectivity index (χ4n) is 2.19. The van der Waals surface area contributed by atoms with Crippen molar-refractivity contribution in [2.45, 2.75) is 6.54 Å². The standard InChI is InChI=1S/C16H19N3O2/c1-19(14-8-3-4-9-15(14)21-2)11-12-6-5-7-13(10-12)16(17)18-20/h3-10,20H,11H2,1-2H3,(H2,17,18). The quantitative estimate of drug-likeness (QED) is 0.383. The van der Waals surface area contributed by atoms with Crippen LogP contribution in [0, 0.1) is 0 Å². The highest BCUT2D eigenvalue weighted by Gasteiger charge is 2.08. The Morgan fingerprint density at radius 2 is 2.00 bits per heavy atom. The van der Waals surface area contributed by atoms with Gasteiger partial charge in [0.05, 0.1) is 12.8 Å². The molecule has 5 nitrogen and oxygen atoms in total. The van der Waals surface area contributed by atoms with Crippen LogP contribution in [-0.2, 0) is 6.54 Å². The first kappa shape index (κ1) is 14.7. The molecule has 0 spiro atoms. The van der Waals surface area contributed by atoms with Gasteiger partial charge in [-0.15, -0.1) is 0 Å². The maximum Gasteiger partial charge on any atom is 0.170 e. The van der Waals surface area contributed by atoms with Gasteiger partial charge >= 0.3 is 0 Å². The monoisotopic (exact) mass is 285 g/mol. The zero-order valence-electron chi connectivity index (χ0n) is 12.2. The Labute approximate surface area is 124 Å². The lowest BCUT2D eigenvalue weighted by Gasteiger charge is -2.22. The van der Waals surface area contributed by atoms with Crippen LogP contribution in [0.15, 0.2) is 53.7 Å². The van der Waals surface area contributed by atoms with Crippen molar-refractivity contribution in [3.63, 3.8) is 0 Å². The number of ether oxygens (including phenoxy) is 1. The maximum absolute atomic E-state index is 8.74.